The minimum atomic E-state index is 0.132. The van der Waals surface area contributed by atoms with E-state index in [4.69, 9.17) is 5.73 Å². The van der Waals surface area contributed by atoms with Crippen LogP contribution in [0.4, 0.5) is 0 Å². The van der Waals surface area contributed by atoms with Crippen molar-refractivity contribution in [2.45, 2.75) is 31.8 Å². The summed E-state index contributed by atoms with van der Waals surface area (Å²) in [4.78, 5) is 16.3. The third kappa shape index (κ3) is 4.03. The van der Waals surface area contributed by atoms with E-state index in [0.29, 0.717) is 13.0 Å². The van der Waals surface area contributed by atoms with Crippen LogP contribution in [0.3, 0.4) is 0 Å². The Morgan fingerprint density at radius 3 is 2.84 bits per heavy atom. The van der Waals surface area contributed by atoms with E-state index in [2.05, 4.69) is 21.7 Å². The summed E-state index contributed by atoms with van der Waals surface area (Å²) >= 11 is 1.70. The lowest BCUT2D eigenvalue weighted by molar-refractivity contribution is -0.131. The van der Waals surface area contributed by atoms with Crippen molar-refractivity contribution in [2.24, 2.45) is 5.73 Å². The van der Waals surface area contributed by atoms with E-state index < -0.39 is 0 Å². The maximum Gasteiger partial charge on any atom is 0.224 e. The Bertz CT molecular complexity index is 387. The molecule has 4 nitrogen and oxygen atoms in total. The van der Waals surface area contributed by atoms with Gasteiger partial charge in [0.2, 0.25) is 5.91 Å². The Labute approximate surface area is 119 Å². The molecule has 1 fully saturated rings. The van der Waals surface area contributed by atoms with Crippen molar-refractivity contribution in [2.75, 3.05) is 26.7 Å². The smallest absolute Gasteiger partial charge is 0.224 e. The van der Waals surface area contributed by atoms with E-state index in [0.717, 1.165) is 32.5 Å². The van der Waals surface area contributed by atoms with Gasteiger partial charge in [0, 0.05) is 38.6 Å². The number of likely N-dealkylation sites (N-methyl/N-ethyl adjacent to an activating group) is 1. The fraction of sp³-hybridized carbons (Fsp3) is 0.643. The second-order valence-electron chi connectivity index (χ2n) is 5.23. The maximum absolute atomic E-state index is 12.2. The molecule has 2 heterocycles. The van der Waals surface area contributed by atoms with Crippen LogP contribution in [0.15, 0.2) is 16.8 Å². The molecule has 2 N–H and O–H groups in total. The number of rotatable bonds is 6. The van der Waals surface area contributed by atoms with E-state index in [-0.39, 0.29) is 11.9 Å². The van der Waals surface area contributed by atoms with Gasteiger partial charge in [0.1, 0.15) is 0 Å². The minimum absolute atomic E-state index is 0.132. The van der Waals surface area contributed by atoms with Crippen molar-refractivity contribution >= 4 is 17.2 Å². The predicted octanol–water partition coefficient (Wildman–Crippen LogP) is 1.52. The summed E-state index contributed by atoms with van der Waals surface area (Å²) in [7, 11) is 2.05. The van der Waals surface area contributed by atoms with Gasteiger partial charge >= 0.3 is 0 Å². The fourth-order valence-corrected chi connectivity index (χ4v) is 3.18. The van der Waals surface area contributed by atoms with Gasteiger partial charge in [-0.1, -0.05) is 0 Å². The van der Waals surface area contributed by atoms with Crippen molar-refractivity contribution in [3.8, 4) is 0 Å². The Hall–Kier alpha value is -0.910. The Morgan fingerprint density at radius 1 is 1.53 bits per heavy atom. The van der Waals surface area contributed by atoms with Gasteiger partial charge in [-0.3, -0.25) is 9.69 Å². The van der Waals surface area contributed by atoms with Gasteiger partial charge in [-0.05, 0) is 42.3 Å². The third-order valence-electron chi connectivity index (χ3n) is 3.78. The first-order valence-electron chi connectivity index (χ1n) is 6.90. The first kappa shape index (κ1) is 14.5. The van der Waals surface area contributed by atoms with Crippen LogP contribution in [0.25, 0.3) is 0 Å². The molecule has 0 aromatic carbocycles. The molecule has 0 spiro atoms. The summed E-state index contributed by atoms with van der Waals surface area (Å²) in [6.45, 7) is 3.23. The molecular formula is C14H23N3OS. The van der Waals surface area contributed by atoms with Crippen molar-refractivity contribution in [1.29, 1.82) is 0 Å². The van der Waals surface area contributed by atoms with Gasteiger partial charge < -0.3 is 10.6 Å². The first-order valence-corrected chi connectivity index (χ1v) is 7.84. The zero-order valence-electron chi connectivity index (χ0n) is 11.5. The summed E-state index contributed by atoms with van der Waals surface area (Å²) in [5.41, 5.74) is 7.13. The van der Waals surface area contributed by atoms with Gasteiger partial charge in [-0.25, -0.2) is 0 Å². The molecule has 1 aromatic heterocycles. The monoisotopic (exact) mass is 281 g/mol. The average Bonchev–Trinajstić information content (AvgIpc) is 3.07. The zero-order valence-corrected chi connectivity index (χ0v) is 12.4. The van der Waals surface area contributed by atoms with Crippen molar-refractivity contribution in [3.05, 3.63) is 22.4 Å². The molecule has 0 aliphatic carbocycles. The molecule has 1 amide bonds. The SMILES string of the molecule is CN(Cc1ccsc1)C(CN)CC(=O)N1CCCC1. The molecule has 1 saturated heterocycles. The zero-order chi connectivity index (χ0) is 13.7. The molecule has 0 bridgehead atoms. The number of carbonyl (C=O) groups is 1. The van der Waals surface area contributed by atoms with E-state index in [9.17, 15) is 4.79 Å². The summed E-state index contributed by atoms with van der Waals surface area (Å²) in [5, 5.41) is 4.22. The highest BCUT2D eigenvalue weighted by Gasteiger charge is 2.23. The van der Waals surface area contributed by atoms with Crippen LogP contribution >= 0.6 is 11.3 Å². The van der Waals surface area contributed by atoms with Gasteiger partial charge in [0.25, 0.3) is 0 Å². The van der Waals surface area contributed by atoms with Crippen LogP contribution in [-0.4, -0.2) is 48.4 Å². The standard InChI is InChI=1S/C14H23N3OS/c1-16(10-12-4-7-19-11-12)13(9-15)8-14(18)17-5-2-3-6-17/h4,7,11,13H,2-3,5-6,8-10,15H2,1H3. The van der Waals surface area contributed by atoms with Crippen LogP contribution < -0.4 is 5.73 Å². The Morgan fingerprint density at radius 2 is 2.26 bits per heavy atom. The lowest BCUT2D eigenvalue weighted by Gasteiger charge is -2.28. The quantitative estimate of drug-likeness (QED) is 0.860. The van der Waals surface area contributed by atoms with Crippen molar-refractivity contribution < 1.29 is 4.79 Å². The second kappa shape index (κ2) is 7.03. The summed E-state index contributed by atoms with van der Waals surface area (Å²) in [6.07, 6.45) is 2.82. The van der Waals surface area contributed by atoms with Crippen molar-refractivity contribution in [3.63, 3.8) is 0 Å². The second-order valence-corrected chi connectivity index (χ2v) is 6.01. The van der Waals surface area contributed by atoms with Gasteiger partial charge in [0.05, 0.1) is 0 Å². The number of nitrogens with two attached hydrogens (primary N) is 1. The van der Waals surface area contributed by atoms with Crippen LogP contribution in [0, 0.1) is 0 Å². The number of nitrogens with zero attached hydrogens (tertiary/aromatic N) is 2. The van der Waals surface area contributed by atoms with E-state index in [1.54, 1.807) is 11.3 Å². The number of hydrogen-bond donors (Lipinski definition) is 1. The Balaban J connectivity index is 1.86. The lowest BCUT2D eigenvalue weighted by Crippen LogP contribution is -2.42. The van der Waals surface area contributed by atoms with E-state index in [1.165, 1.54) is 5.56 Å². The molecule has 1 atom stereocenters. The maximum atomic E-state index is 12.2. The highest BCUT2D eigenvalue weighted by molar-refractivity contribution is 7.07. The summed E-state index contributed by atoms with van der Waals surface area (Å²) in [5.74, 6) is 0.255. The molecule has 1 aliphatic rings. The summed E-state index contributed by atoms with van der Waals surface area (Å²) in [6, 6.07) is 2.25. The number of likely N-dealkylation sites (tertiary alicyclic amines) is 1. The molecule has 2 rings (SSSR count). The third-order valence-corrected chi connectivity index (χ3v) is 4.51. The highest BCUT2D eigenvalue weighted by atomic mass is 32.1. The molecule has 19 heavy (non-hydrogen) atoms. The lowest BCUT2D eigenvalue weighted by atomic mass is 10.1. The Kier molecular flexibility index (Phi) is 5.36. The molecule has 106 valence electrons. The summed E-state index contributed by atoms with van der Waals surface area (Å²) < 4.78 is 0. The van der Waals surface area contributed by atoms with Gasteiger partial charge in [-0.2, -0.15) is 11.3 Å². The molecular weight excluding hydrogens is 258 g/mol. The average molecular weight is 281 g/mol. The largest absolute Gasteiger partial charge is 0.343 e. The first-order chi connectivity index (χ1) is 9.20. The van der Waals surface area contributed by atoms with Crippen LogP contribution in [-0.2, 0) is 11.3 Å². The molecule has 0 radical (unpaired) electrons. The minimum Gasteiger partial charge on any atom is -0.343 e. The highest BCUT2D eigenvalue weighted by Crippen LogP contribution is 2.14. The van der Waals surface area contributed by atoms with Gasteiger partial charge in [0.15, 0.2) is 0 Å². The fourth-order valence-electron chi connectivity index (χ4n) is 2.52. The predicted molar refractivity (Wildman–Crippen MR) is 79.1 cm³/mol. The number of hydrogen-bond acceptors (Lipinski definition) is 4. The number of carbonyl (C=O) groups excluding carboxylic acids is 1. The van der Waals surface area contributed by atoms with Crippen LogP contribution in [0.5, 0.6) is 0 Å². The topological polar surface area (TPSA) is 49.6 Å². The van der Waals surface area contributed by atoms with E-state index in [1.807, 2.05) is 11.9 Å². The molecule has 1 unspecified atom stereocenters. The molecule has 5 heteroatoms. The van der Waals surface area contributed by atoms with Crippen molar-refractivity contribution in [1.82, 2.24) is 9.80 Å². The normalized spacial score (nSPS) is 17.1. The van der Waals surface area contributed by atoms with Crippen LogP contribution in [0.1, 0.15) is 24.8 Å². The molecule has 1 aromatic rings. The van der Waals surface area contributed by atoms with Gasteiger partial charge in [-0.15, -0.1) is 0 Å². The molecule has 0 saturated carbocycles. The number of amides is 1. The number of thiophene rings is 1. The van der Waals surface area contributed by atoms with E-state index >= 15 is 0 Å². The molecule has 1 aliphatic heterocycles. The van der Waals surface area contributed by atoms with Crippen LogP contribution in [0.2, 0.25) is 0 Å².